The normalized spacial score (nSPS) is 23.3. The SMILES string of the molecule is CC(Cc1ccccc1)N1CCCNC(C(C)(C)C)C1. The van der Waals surface area contributed by atoms with E-state index in [4.69, 9.17) is 0 Å². The summed E-state index contributed by atoms with van der Waals surface area (Å²) in [6.07, 6.45) is 2.41. The van der Waals surface area contributed by atoms with E-state index in [1.165, 1.54) is 18.5 Å². The van der Waals surface area contributed by atoms with Crippen LogP contribution in [0.4, 0.5) is 0 Å². The van der Waals surface area contributed by atoms with Crippen molar-refractivity contribution >= 4 is 0 Å². The Kier molecular flexibility index (Phi) is 5.22. The number of nitrogens with zero attached hydrogens (tertiary/aromatic N) is 1. The van der Waals surface area contributed by atoms with Crippen LogP contribution in [0.25, 0.3) is 0 Å². The summed E-state index contributed by atoms with van der Waals surface area (Å²) in [6, 6.07) is 12.1. The molecule has 0 aromatic heterocycles. The zero-order chi connectivity index (χ0) is 14.6. The average molecular weight is 274 g/mol. The molecule has 0 bridgehead atoms. The summed E-state index contributed by atoms with van der Waals surface area (Å²) in [5.41, 5.74) is 1.78. The van der Waals surface area contributed by atoms with Crippen molar-refractivity contribution in [2.45, 2.75) is 52.6 Å². The van der Waals surface area contributed by atoms with Crippen molar-refractivity contribution < 1.29 is 0 Å². The second-order valence-corrected chi connectivity index (χ2v) is 7.26. The molecule has 0 spiro atoms. The summed E-state index contributed by atoms with van der Waals surface area (Å²) >= 11 is 0. The molecule has 0 saturated carbocycles. The van der Waals surface area contributed by atoms with E-state index in [1.807, 2.05) is 0 Å². The topological polar surface area (TPSA) is 15.3 Å². The maximum atomic E-state index is 3.73. The number of rotatable bonds is 3. The quantitative estimate of drug-likeness (QED) is 0.909. The third-order valence-electron chi connectivity index (χ3n) is 4.47. The molecule has 0 aliphatic carbocycles. The molecule has 1 aliphatic heterocycles. The first-order chi connectivity index (χ1) is 9.47. The Morgan fingerprint density at radius 2 is 1.95 bits per heavy atom. The number of hydrogen-bond donors (Lipinski definition) is 1. The van der Waals surface area contributed by atoms with Gasteiger partial charge in [0.15, 0.2) is 0 Å². The lowest BCUT2D eigenvalue weighted by Crippen LogP contribution is -2.48. The van der Waals surface area contributed by atoms with E-state index in [0.29, 0.717) is 17.5 Å². The second kappa shape index (κ2) is 6.73. The fraction of sp³-hybridized carbons (Fsp3) is 0.667. The minimum atomic E-state index is 0.328. The van der Waals surface area contributed by atoms with E-state index in [2.05, 4.69) is 68.2 Å². The highest BCUT2D eigenvalue weighted by Gasteiger charge is 2.29. The molecule has 2 rings (SSSR count). The fourth-order valence-corrected chi connectivity index (χ4v) is 3.01. The van der Waals surface area contributed by atoms with Crippen LogP contribution in [-0.4, -0.2) is 36.6 Å². The Balaban J connectivity index is 1.99. The van der Waals surface area contributed by atoms with Crippen LogP contribution in [0, 0.1) is 5.41 Å². The van der Waals surface area contributed by atoms with Gasteiger partial charge in [0.05, 0.1) is 0 Å². The molecule has 1 saturated heterocycles. The van der Waals surface area contributed by atoms with E-state index in [-0.39, 0.29) is 0 Å². The zero-order valence-corrected chi connectivity index (χ0v) is 13.5. The van der Waals surface area contributed by atoms with Gasteiger partial charge >= 0.3 is 0 Å². The molecule has 1 aromatic rings. The standard InChI is InChI=1S/C18H30N2/c1-15(13-16-9-6-5-7-10-16)20-12-8-11-19-17(14-20)18(2,3)4/h5-7,9-10,15,17,19H,8,11-14H2,1-4H3. The lowest BCUT2D eigenvalue weighted by Gasteiger charge is -2.36. The van der Waals surface area contributed by atoms with Gasteiger partial charge in [0.25, 0.3) is 0 Å². The minimum absolute atomic E-state index is 0.328. The summed E-state index contributed by atoms with van der Waals surface area (Å²) < 4.78 is 0. The fourth-order valence-electron chi connectivity index (χ4n) is 3.01. The van der Waals surface area contributed by atoms with Gasteiger partial charge in [-0.2, -0.15) is 0 Å². The Hall–Kier alpha value is -0.860. The Bertz CT molecular complexity index is 394. The predicted octanol–water partition coefficient (Wildman–Crippen LogP) is 3.33. The van der Waals surface area contributed by atoms with Crippen LogP contribution in [0.3, 0.4) is 0 Å². The first-order valence-electron chi connectivity index (χ1n) is 7.98. The molecule has 1 aliphatic rings. The summed E-state index contributed by atoms with van der Waals surface area (Å²) in [4.78, 5) is 2.67. The van der Waals surface area contributed by atoms with Crippen LogP contribution >= 0.6 is 0 Å². The van der Waals surface area contributed by atoms with Crippen molar-refractivity contribution in [3.63, 3.8) is 0 Å². The third kappa shape index (κ3) is 4.32. The summed E-state index contributed by atoms with van der Waals surface area (Å²) in [6.45, 7) is 12.9. The smallest absolute Gasteiger partial charge is 0.0243 e. The summed E-state index contributed by atoms with van der Waals surface area (Å²) in [7, 11) is 0. The first kappa shape index (κ1) is 15.5. The molecular formula is C18H30N2. The minimum Gasteiger partial charge on any atom is -0.312 e. The molecule has 112 valence electrons. The van der Waals surface area contributed by atoms with Crippen molar-refractivity contribution in [2.75, 3.05) is 19.6 Å². The van der Waals surface area contributed by atoms with Gasteiger partial charge in [-0.15, -0.1) is 0 Å². The van der Waals surface area contributed by atoms with Gasteiger partial charge < -0.3 is 5.32 Å². The Morgan fingerprint density at radius 1 is 1.25 bits per heavy atom. The van der Waals surface area contributed by atoms with Gasteiger partial charge in [-0.25, -0.2) is 0 Å². The molecule has 2 nitrogen and oxygen atoms in total. The third-order valence-corrected chi connectivity index (χ3v) is 4.47. The Morgan fingerprint density at radius 3 is 2.60 bits per heavy atom. The van der Waals surface area contributed by atoms with Crippen molar-refractivity contribution in [2.24, 2.45) is 5.41 Å². The average Bonchev–Trinajstić information content (AvgIpc) is 2.65. The largest absolute Gasteiger partial charge is 0.312 e. The van der Waals surface area contributed by atoms with Gasteiger partial charge in [-0.05, 0) is 43.8 Å². The summed E-state index contributed by atoms with van der Waals surface area (Å²) in [5, 5.41) is 3.73. The predicted molar refractivity (Wildman–Crippen MR) is 87.0 cm³/mol. The van der Waals surface area contributed by atoms with E-state index >= 15 is 0 Å². The molecule has 20 heavy (non-hydrogen) atoms. The van der Waals surface area contributed by atoms with Crippen LogP contribution in [0.1, 0.15) is 39.7 Å². The monoisotopic (exact) mass is 274 g/mol. The van der Waals surface area contributed by atoms with Crippen LogP contribution < -0.4 is 5.32 Å². The maximum Gasteiger partial charge on any atom is 0.0243 e. The second-order valence-electron chi connectivity index (χ2n) is 7.26. The maximum absolute atomic E-state index is 3.73. The van der Waals surface area contributed by atoms with Gasteiger partial charge in [-0.3, -0.25) is 4.90 Å². The molecule has 0 amide bonds. The van der Waals surface area contributed by atoms with Crippen molar-refractivity contribution in [1.82, 2.24) is 10.2 Å². The van der Waals surface area contributed by atoms with E-state index in [9.17, 15) is 0 Å². The van der Waals surface area contributed by atoms with Crippen LogP contribution in [0.15, 0.2) is 30.3 Å². The lowest BCUT2D eigenvalue weighted by atomic mass is 9.86. The number of hydrogen-bond acceptors (Lipinski definition) is 2. The molecule has 2 heteroatoms. The molecule has 1 heterocycles. The van der Waals surface area contributed by atoms with Crippen molar-refractivity contribution in [3.8, 4) is 0 Å². The molecule has 2 unspecified atom stereocenters. The summed E-state index contributed by atoms with van der Waals surface area (Å²) in [5.74, 6) is 0. The van der Waals surface area contributed by atoms with Gasteiger partial charge in [0.1, 0.15) is 0 Å². The molecular weight excluding hydrogens is 244 g/mol. The van der Waals surface area contributed by atoms with Gasteiger partial charge in [-0.1, -0.05) is 51.1 Å². The van der Waals surface area contributed by atoms with E-state index in [0.717, 1.165) is 19.5 Å². The molecule has 0 radical (unpaired) electrons. The van der Waals surface area contributed by atoms with E-state index < -0.39 is 0 Å². The molecule has 2 atom stereocenters. The lowest BCUT2D eigenvalue weighted by molar-refractivity contribution is 0.161. The van der Waals surface area contributed by atoms with Crippen LogP contribution in [0.5, 0.6) is 0 Å². The molecule has 1 N–H and O–H groups in total. The zero-order valence-electron chi connectivity index (χ0n) is 13.5. The highest BCUT2D eigenvalue weighted by Crippen LogP contribution is 2.23. The highest BCUT2D eigenvalue weighted by molar-refractivity contribution is 5.15. The van der Waals surface area contributed by atoms with Crippen molar-refractivity contribution in [3.05, 3.63) is 35.9 Å². The highest BCUT2D eigenvalue weighted by atomic mass is 15.2. The van der Waals surface area contributed by atoms with Gasteiger partial charge in [0, 0.05) is 18.6 Å². The molecule has 1 aromatic carbocycles. The number of benzene rings is 1. The van der Waals surface area contributed by atoms with Crippen LogP contribution in [-0.2, 0) is 6.42 Å². The Labute approximate surface area is 124 Å². The van der Waals surface area contributed by atoms with E-state index in [1.54, 1.807) is 0 Å². The number of nitrogens with one attached hydrogen (secondary N) is 1. The van der Waals surface area contributed by atoms with Crippen LogP contribution in [0.2, 0.25) is 0 Å². The first-order valence-corrected chi connectivity index (χ1v) is 7.98. The van der Waals surface area contributed by atoms with Gasteiger partial charge in [0.2, 0.25) is 0 Å². The molecule has 1 fully saturated rings. The van der Waals surface area contributed by atoms with Crippen molar-refractivity contribution in [1.29, 1.82) is 0 Å².